The predicted molar refractivity (Wildman–Crippen MR) is 119 cm³/mol. The largest absolute Gasteiger partial charge is 0.491 e. The summed E-state index contributed by atoms with van der Waals surface area (Å²) >= 11 is 1.38. The topological polar surface area (TPSA) is 71.5 Å². The number of benzene rings is 2. The molecular formula is C23H23N3O3S. The molecule has 0 saturated carbocycles. The number of ether oxygens (including phenoxy) is 1. The van der Waals surface area contributed by atoms with Crippen LogP contribution in [-0.4, -0.2) is 29.9 Å². The summed E-state index contributed by atoms with van der Waals surface area (Å²) in [4.78, 5) is 31.3. The average molecular weight is 422 g/mol. The van der Waals surface area contributed by atoms with Gasteiger partial charge in [0.1, 0.15) is 12.3 Å². The number of rotatable bonds is 4. The first-order valence-electron chi connectivity index (χ1n) is 9.78. The molecule has 0 bridgehead atoms. The summed E-state index contributed by atoms with van der Waals surface area (Å²) in [5, 5.41) is 5.30. The molecule has 2 amide bonds. The Hall–Kier alpha value is -3.19. The van der Waals surface area contributed by atoms with Crippen LogP contribution in [0.3, 0.4) is 0 Å². The number of hydrogen-bond donors (Lipinski definition) is 1. The van der Waals surface area contributed by atoms with Gasteiger partial charge in [-0.1, -0.05) is 29.8 Å². The molecule has 0 unspecified atom stereocenters. The number of amides is 2. The second kappa shape index (κ2) is 8.28. The van der Waals surface area contributed by atoms with E-state index >= 15 is 0 Å². The third-order valence-corrected chi connectivity index (χ3v) is 5.77. The Kier molecular flexibility index (Phi) is 5.55. The Morgan fingerprint density at radius 1 is 1.20 bits per heavy atom. The molecule has 7 heteroatoms. The molecule has 0 spiro atoms. The Bertz CT molecular complexity index is 1100. The summed E-state index contributed by atoms with van der Waals surface area (Å²) in [5.41, 5.74) is 6.07. The van der Waals surface area contributed by atoms with Crippen molar-refractivity contribution in [2.24, 2.45) is 0 Å². The summed E-state index contributed by atoms with van der Waals surface area (Å²) in [6.45, 7) is 6.42. The molecule has 0 atom stereocenters. The molecule has 1 aliphatic heterocycles. The first kappa shape index (κ1) is 20.1. The SMILES string of the molecule is Cc1cc(C)c(-c2csc(NC(=O)CN3C(=O)CCOc4ccccc43)n2)c(C)c1. The van der Waals surface area contributed by atoms with E-state index in [0.29, 0.717) is 23.2 Å². The molecular weight excluding hydrogens is 398 g/mol. The van der Waals surface area contributed by atoms with Crippen molar-refractivity contribution in [1.29, 1.82) is 0 Å². The maximum absolute atomic E-state index is 12.7. The smallest absolute Gasteiger partial charge is 0.246 e. The second-order valence-corrected chi connectivity index (χ2v) is 8.26. The van der Waals surface area contributed by atoms with E-state index in [1.807, 2.05) is 17.5 Å². The van der Waals surface area contributed by atoms with E-state index in [2.05, 4.69) is 43.2 Å². The number of aryl methyl sites for hydroxylation is 3. The minimum Gasteiger partial charge on any atom is -0.491 e. The van der Waals surface area contributed by atoms with Crippen molar-refractivity contribution in [2.75, 3.05) is 23.4 Å². The fraction of sp³-hybridized carbons (Fsp3) is 0.261. The monoisotopic (exact) mass is 421 g/mol. The molecule has 30 heavy (non-hydrogen) atoms. The van der Waals surface area contributed by atoms with Crippen LogP contribution in [0.1, 0.15) is 23.1 Å². The van der Waals surface area contributed by atoms with Crippen LogP contribution in [0.4, 0.5) is 10.8 Å². The molecule has 4 rings (SSSR count). The van der Waals surface area contributed by atoms with Gasteiger partial charge in [-0.25, -0.2) is 4.98 Å². The number of thiazole rings is 1. The zero-order valence-corrected chi connectivity index (χ0v) is 18.0. The van der Waals surface area contributed by atoms with Gasteiger partial charge in [0.2, 0.25) is 11.8 Å². The molecule has 1 N–H and O–H groups in total. The Morgan fingerprint density at radius 2 is 1.93 bits per heavy atom. The van der Waals surface area contributed by atoms with Crippen molar-refractivity contribution in [2.45, 2.75) is 27.2 Å². The quantitative estimate of drug-likeness (QED) is 0.674. The van der Waals surface area contributed by atoms with Crippen molar-refractivity contribution >= 4 is 34.0 Å². The number of anilines is 2. The number of carbonyl (C=O) groups excluding carboxylic acids is 2. The first-order valence-corrected chi connectivity index (χ1v) is 10.7. The van der Waals surface area contributed by atoms with E-state index in [-0.39, 0.29) is 24.8 Å². The lowest BCUT2D eigenvalue weighted by molar-refractivity contribution is -0.121. The standard InChI is InChI=1S/C23H23N3O3S/c1-14-10-15(2)22(16(3)11-14)17-13-30-23(24-17)25-20(27)12-26-18-6-4-5-7-19(18)29-9-8-21(26)28/h4-7,10-11,13H,8-9,12H2,1-3H3,(H,24,25,27). The van der Waals surface area contributed by atoms with Crippen LogP contribution in [0.5, 0.6) is 5.75 Å². The zero-order chi connectivity index (χ0) is 21.3. The highest BCUT2D eigenvalue weighted by atomic mass is 32.1. The minimum absolute atomic E-state index is 0.0866. The summed E-state index contributed by atoms with van der Waals surface area (Å²) in [7, 11) is 0. The van der Waals surface area contributed by atoms with Gasteiger partial charge in [0.15, 0.2) is 5.13 Å². The molecule has 6 nitrogen and oxygen atoms in total. The zero-order valence-electron chi connectivity index (χ0n) is 17.2. The van der Waals surface area contributed by atoms with E-state index in [0.717, 1.165) is 22.4 Å². The van der Waals surface area contributed by atoms with Gasteiger partial charge in [-0.05, 0) is 44.0 Å². The molecule has 2 heterocycles. The highest BCUT2D eigenvalue weighted by Gasteiger charge is 2.25. The number of fused-ring (bicyclic) bond motifs is 1. The third-order valence-electron chi connectivity index (χ3n) is 5.02. The molecule has 0 aliphatic carbocycles. The maximum Gasteiger partial charge on any atom is 0.246 e. The lowest BCUT2D eigenvalue weighted by atomic mass is 9.98. The fourth-order valence-electron chi connectivity index (χ4n) is 3.83. The van der Waals surface area contributed by atoms with Gasteiger partial charge in [0.05, 0.1) is 24.4 Å². The Balaban J connectivity index is 1.51. The summed E-state index contributed by atoms with van der Waals surface area (Å²) in [5.74, 6) is 0.178. The highest BCUT2D eigenvalue weighted by Crippen LogP contribution is 2.32. The number of hydrogen-bond acceptors (Lipinski definition) is 5. The highest BCUT2D eigenvalue weighted by molar-refractivity contribution is 7.14. The van der Waals surface area contributed by atoms with Gasteiger partial charge in [0.25, 0.3) is 0 Å². The Labute approximate surface area is 179 Å². The molecule has 2 aromatic carbocycles. The fourth-order valence-corrected chi connectivity index (χ4v) is 4.54. The van der Waals surface area contributed by atoms with Gasteiger partial charge < -0.3 is 10.1 Å². The van der Waals surface area contributed by atoms with Crippen molar-refractivity contribution in [3.8, 4) is 17.0 Å². The van der Waals surface area contributed by atoms with Gasteiger partial charge in [-0.15, -0.1) is 11.3 Å². The maximum atomic E-state index is 12.7. The number of aromatic nitrogens is 1. The van der Waals surface area contributed by atoms with E-state index < -0.39 is 0 Å². The van der Waals surface area contributed by atoms with Crippen LogP contribution in [0.2, 0.25) is 0 Å². The number of nitrogens with one attached hydrogen (secondary N) is 1. The summed E-state index contributed by atoms with van der Waals surface area (Å²) in [6, 6.07) is 11.5. The number of nitrogens with zero attached hydrogens (tertiary/aromatic N) is 2. The average Bonchev–Trinajstić information content (AvgIpc) is 3.07. The molecule has 0 saturated heterocycles. The van der Waals surface area contributed by atoms with Crippen LogP contribution >= 0.6 is 11.3 Å². The normalized spacial score (nSPS) is 13.4. The van der Waals surface area contributed by atoms with Crippen molar-refractivity contribution < 1.29 is 14.3 Å². The summed E-state index contributed by atoms with van der Waals surface area (Å²) in [6.07, 6.45) is 0.231. The van der Waals surface area contributed by atoms with Crippen molar-refractivity contribution in [3.63, 3.8) is 0 Å². The minimum atomic E-state index is -0.293. The van der Waals surface area contributed by atoms with Crippen LogP contribution in [0.15, 0.2) is 41.8 Å². The predicted octanol–water partition coefficient (Wildman–Crippen LogP) is 4.49. The number of para-hydroxylation sites is 2. The van der Waals surface area contributed by atoms with E-state index in [9.17, 15) is 9.59 Å². The second-order valence-electron chi connectivity index (χ2n) is 7.41. The lowest BCUT2D eigenvalue weighted by Crippen LogP contribution is -2.37. The number of carbonyl (C=O) groups is 2. The molecule has 1 aliphatic rings. The van der Waals surface area contributed by atoms with Crippen LogP contribution in [0.25, 0.3) is 11.3 Å². The van der Waals surface area contributed by atoms with Gasteiger partial charge in [-0.2, -0.15) is 0 Å². The van der Waals surface area contributed by atoms with E-state index in [1.165, 1.54) is 21.8 Å². The molecule has 0 fully saturated rings. The Morgan fingerprint density at radius 3 is 2.70 bits per heavy atom. The summed E-state index contributed by atoms with van der Waals surface area (Å²) < 4.78 is 5.63. The van der Waals surface area contributed by atoms with Gasteiger partial charge in [0, 0.05) is 10.9 Å². The van der Waals surface area contributed by atoms with E-state index in [1.54, 1.807) is 12.1 Å². The van der Waals surface area contributed by atoms with E-state index in [4.69, 9.17) is 4.74 Å². The van der Waals surface area contributed by atoms with Crippen molar-refractivity contribution in [3.05, 3.63) is 58.5 Å². The molecule has 154 valence electrons. The van der Waals surface area contributed by atoms with Crippen molar-refractivity contribution in [1.82, 2.24) is 4.98 Å². The molecule has 3 aromatic rings. The van der Waals surface area contributed by atoms with Crippen LogP contribution in [-0.2, 0) is 9.59 Å². The third kappa shape index (κ3) is 4.07. The molecule has 0 radical (unpaired) electrons. The van der Waals surface area contributed by atoms with Gasteiger partial charge in [-0.3, -0.25) is 14.5 Å². The van der Waals surface area contributed by atoms with Crippen LogP contribution < -0.4 is 15.0 Å². The molecule has 1 aromatic heterocycles. The van der Waals surface area contributed by atoms with Gasteiger partial charge >= 0.3 is 0 Å². The lowest BCUT2D eigenvalue weighted by Gasteiger charge is -2.20. The first-order chi connectivity index (χ1) is 14.4. The van der Waals surface area contributed by atoms with Crippen LogP contribution in [0, 0.1) is 20.8 Å².